The number of nitrogens with two attached hydrogens (primary N) is 1. The van der Waals surface area contributed by atoms with Crippen molar-refractivity contribution in [2.75, 3.05) is 13.1 Å². The SMILES string of the molecule is NC1CCN([C@@H](c2ccc3nnc(-c4ccc5ccc(C6CC6)cc5n4)n3c2)C(F)(F)F)C1. The van der Waals surface area contributed by atoms with Gasteiger partial charge in [-0.2, -0.15) is 13.2 Å². The standard InChI is InChI=1S/C24H23F3N6/c25-24(26,27)22(32-10-9-18(28)13-32)17-6-8-21-30-31-23(33(21)12-17)19-7-5-15-3-4-16(14-1-2-14)11-20(15)29-19/h3-8,11-12,14,18,22H,1-2,9-10,13,28H2/t18?,22-/m0/s1. The van der Waals surface area contributed by atoms with Crippen molar-refractivity contribution < 1.29 is 13.2 Å². The Kier molecular flexibility index (Phi) is 4.67. The van der Waals surface area contributed by atoms with E-state index >= 15 is 0 Å². The van der Waals surface area contributed by atoms with Crippen molar-refractivity contribution in [3.63, 3.8) is 0 Å². The second kappa shape index (κ2) is 7.50. The Bertz CT molecular complexity index is 1340. The van der Waals surface area contributed by atoms with E-state index in [-0.39, 0.29) is 18.2 Å². The zero-order valence-corrected chi connectivity index (χ0v) is 17.8. The maximum atomic E-state index is 14.1. The van der Waals surface area contributed by atoms with Crippen LogP contribution in [-0.4, -0.2) is 49.8 Å². The molecule has 1 aliphatic heterocycles. The van der Waals surface area contributed by atoms with Crippen LogP contribution in [0.5, 0.6) is 0 Å². The van der Waals surface area contributed by atoms with Crippen LogP contribution in [0.25, 0.3) is 28.1 Å². The first-order chi connectivity index (χ1) is 15.9. The molecule has 1 saturated carbocycles. The number of aromatic nitrogens is 4. The lowest BCUT2D eigenvalue weighted by molar-refractivity contribution is -0.183. The number of fused-ring (bicyclic) bond motifs is 2. The van der Waals surface area contributed by atoms with Crippen LogP contribution in [0.15, 0.2) is 48.7 Å². The van der Waals surface area contributed by atoms with Crippen LogP contribution in [0.1, 0.15) is 42.3 Å². The van der Waals surface area contributed by atoms with Gasteiger partial charge in [-0.3, -0.25) is 9.30 Å². The molecule has 6 nitrogen and oxygen atoms in total. The first-order valence-electron chi connectivity index (χ1n) is 11.2. The summed E-state index contributed by atoms with van der Waals surface area (Å²) in [6, 6.07) is 11.2. The summed E-state index contributed by atoms with van der Waals surface area (Å²) in [7, 11) is 0. The van der Waals surface area contributed by atoms with Crippen molar-refractivity contribution in [2.45, 2.75) is 43.4 Å². The maximum absolute atomic E-state index is 14.1. The Morgan fingerprint density at radius 3 is 2.55 bits per heavy atom. The van der Waals surface area contributed by atoms with Crippen molar-refractivity contribution in [2.24, 2.45) is 5.73 Å². The molecule has 0 spiro atoms. The smallest absolute Gasteiger partial charge is 0.326 e. The summed E-state index contributed by atoms with van der Waals surface area (Å²) in [4.78, 5) is 6.18. The lowest BCUT2D eigenvalue weighted by Crippen LogP contribution is -2.38. The highest BCUT2D eigenvalue weighted by Gasteiger charge is 2.46. The average Bonchev–Trinajstić information content (AvgIpc) is 3.42. The van der Waals surface area contributed by atoms with E-state index in [1.54, 1.807) is 10.5 Å². The topological polar surface area (TPSA) is 72.3 Å². The summed E-state index contributed by atoms with van der Waals surface area (Å²) in [5.41, 5.74) is 9.21. The molecule has 1 aliphatic carbocycles. The van der Waals surface area contributed by atoms with Crippen LogP contribution in [0.2, 0.25) is 0 Å². The Morgan fingerprint density at radius 1 is 1.00 bits per heavy atom. The van der Waals surface area contributed by atoms with Crippen LogP contribution in [0.4, 0.5) is 13.2 Å². The van der Waals surface area contributed by atoms with Gasteiger partial charge in [-0.1, -0.05) is 24.3 Å². The summed E-state index contributed by atoms with van der Waals surface area (Å²) in [5, 5.41) is 9.43. The van der Waals surface area contributed by atoms with Crippen molar-refractivity contribution in [1.82, 2.24) is 24.5 Å². The van der Waals surface area contributed by atoms with Crippen molar-refractivity contribution >= 4 is 16.6 Å². The highest BCUT2D eigenvalue weighted by atomic mass is 19.4. The van der Waals surface area contributed by atoms with Crippen molar-refractivity contribution in [1.29, 1.82) is 0 Å². The van der Waals surface area contributed by atoms with Crippen LogP contribution in [0, 0.1) is 0 Å². The first kappa shape index (κ1) is 20.6. The van der Waals surface area contributed by atoms with E-state index in [1.807, 2.05) is 12.1 Å². The molecule has 1 saturated heterocycles. The molecule has 2 fully saturated rings. The fourth-order valence-corrected chi connectivity index (χ4v) is 4.83. The Balaban J connectivity index is 1.43. The van der Waals surface area contributed by atoms with Crippen LogP contribution >= 0.6 is 0 Å². The largest absolute Gasteiger partial charge is 0.408 e. The van der Waals surface area contributed by atoms with E-state index in [2.05, 4.69) is 28.4 Å². The number of hydrogen-bond donors (Lipinski definition) is 1. The minimum absolute atomic E-state index is 0.141. The van der Waals surface area contributed by atoms with E-state index in [4.69, 9.17) is 10.7 Å². The Labute approximate surface area is 188 Å². The quantitative estimate of drug-likeness (QED) is 0.495. The van der Waals surface area contributed by atoms with Crippen molar-refractivity contribution in [3.8, 4) is 11.5 Å². The summed E-state index contributed by atoms with van der Waals surface area (Å²) in [5.74, 6) is 1.03. The normalized spacial score (nSPS) is 20.7. The molecule has 170 valence electrons. The number of likely N-dealkylation sites (tertiary alicyclic amines) is 1. The number of benzene rings is 1. The molecule has 0 bridgehead atoms. The molecule has 2 atom stereocenters. The molecule has 1 unspecified atom stereocenters. The molecular formula is C24H23F3N6. The highest BCUT2D eigenvalue weighted by molar-refractivity contribution is 5.82. The lowest BCUT2D eigenvalue weighted by Gasteiger charge is -2.30. The van der Waals surface area contributed by atoms with Gasteiger partial charge in [-0.15, -0.1) is 10.2 Å². The zero-order valence-electron chi connectivity index (χ0n) is 17.8. The average molecular weight is 452 g/mol. The third-order valence-corrected chi connectivity index (χ3v) is 6.67. The number of halogens is 3. The van der Waals surface area contributed by atoms with E-state index in [0.29, 0.717) is 36.0 Å². The number of alkyl halides is 3. The van der Waals surface area contributed by atoms with Crippen LogP contribution < -0.4 is 5.73 Å². The molecule has 4 aromatic rings. The van der Waals surface area contributed by atoms with Gasteiger partial charge >= 0.3 is 6.18 Å². The van der Waals surface area contributed by atoms with Crippen LogP contribution in [0.3, 0.4) is 0 Å². The van der Waals surface area contributed by atoms with Gasteiger partial charge in [0.1, 0.15) is 11.7 Å². The first-order valence-corrected chi connectivity index (χ1v) is 11.2. The minimum atomic E-state index is -4.42. The third kappa shape index (κ3) is 3.75. The molecule has 33 heavy (non-hydrogen) atoms. The molecule has 9 heteroatoms. The monoisotopic (exact) mass is 452 g/mol. The lowest BCUT2D eigenvalue weighted by atomic mass is 10.1. The predicted molar refractivity (Wildman–Crippen MR) is 119 cm³/mol. The molecule has 0 amide bonds. The Hall–Kier alpha value is -3.04. The van der Waals surface area contributed by atoms with Gasteiger partial charge in [0.05, 0.1) is 5.52 Å². The van der Waals surface area contributed by atoms with E-state index < -0.39 is 12.2 Å². The molecule has 3 aromatic heterocycles. The summed E-state index contributed by atoms with van der Waals surface area (Å²) < 4.78 is 43.8. The molecule has 1 aromatic carbocycles. The van der Waals surface area contributed by atoms with Crippen molar-refractivity contribution in [3.05, 3.63) is 59.8 Å². The fourth-order valence-electron chi connectivity index (χ4n) is 4.83. The number of nitrogens with zero attached hydrogens (tertiary/aromatic N) is 5. The summed E-state index contributed by atoms with van der Waals surface area (Å²) in [6.45, 7) is 0.529. The Morgan fingerprint density at radius 2 is 1.82 bits per heavy atom. The van der Waals surface area contributed by atoms with Gasteiger partial charge in [0.2, 0.25) is 0 Å². The minimum Gasteiger partial charge on any atom is -0.326 e. The summed E-state index contributed by atoms with van der Waals surface area (Å²) in [6.07, 6.45) is 0.0121. The van der Waals surface area contributed by atoms with Crippen LogP contribution in [-0.2, 0) is 0 Å². The second-order valence-electron chi connectivity index (χ2n) is 9.12. The van der Waals surface area contributed by atoms with Gasteiger partial charge in [-0.25, -0.2) is 4.98 Å². The maximum Gasteiger partial charge on any atom is 0.408 e. The molecular weight excluding hydrogens is 429 g/mol. The fraction of sp³-hybridized carbons (Fsp3) is 0.375. The molecule has 6 rings (SSSR count). The molecule has 0 radical (unpaired) electrons. The number of hydrogen-bond acceptors (Lipinski definition) is 5. The van der Waals surface area contributed by atoms with Gasteiger partial charge < -0.3 is 5.73 Å². The summed E-state index contributed by atoms with van der Waals surface area (Å²) >= 11 is 0. The number of pyridine rings is 2. The van der Waals surface area contributed by atoms with E-state index in [1.165, 1.54) is 35.6 Å². The van der Waals surface area contributed by atoms with Gasteiger partial charge in [0, 0.05) is 30.7 Å². The second-order valence-corrected chi connectivity index (χ2v) is 9.12. The van der Waals surface area contributed by atoms with E-state index in [0.717, 1.165) is 10.9 Å². The van der Waals surface area contributed by atoms with Gasteiger partial charge in [0.15, 0.2) is 11.5 Å². The van der Waals surface area contributed by atoms with Gasteiger partial charge in [0.25, 0.3) is 0 Å². The highest BCUT2D eigenvalue weighted by Crippen LogP contribution is 2.41. The molecule has 4 heterocycles. The third-order valence-electron chi connectivity index (χ3n) is 6.67. The van der Waals surface area contributed by atoms with Gasteiger partial charge in [-0.05, 0) is 54.5 Å². The molecule has 2 aliphatic rings. The molecule has 2 N–H and O–H groups in total. The predicted octanol–water partition coefficient (Wildman–Crippen LogP) is 4.46. The zero-order chi connectivity index (χ0) is 22.7. The van der Waals surface area contributed by atoms with E-state index in [9.17, 15) is 13.2 Å². The number of rotatable bonds is 4.